The average Bonchev–Trinajstić information content (AvgIpc) is 1.84. The summed E-state index contributed by atoms with van der Waals surface area (Å²) in [6.07, 6.45) is 0. The molecule has 0 aromatic rings. The van der Waals surface area contributed by atoms with Crippen molar-refractivity contribution in [1.82, 2.24) is 5.06 Å². The summed E-state index contributed by atoms with van der Waals surface area (Å²) < 4.78 is 0. The number of rotatable bonds is 2. The molecular weight excluding hydrogens is 132 g/mol. The van der Waals surface area contributed by atoms with Crippen LogP contribution in [0.15, 0.2) is 0 Å². The van der Waals surface area contributed by atoms with Crippen LogP contribution in [-0.4, -0.2) is 29.3 Å². The third kappa shape index (κ3) is 2.33. The quantitative estimate of drug-likeness (QED) is 0.419. The van der Waals surface area contributed by atoms with E-state index < -0.39 is 11.9 Å². The van der Waals surface area contributed by atoms with E-state index in [0.29, 0.717) is 5.06 Å². The fourth-order valence-corrected chi connectivity index (χ4v) is 0.501. The Bertz CT molecular complexity index is 123. The Morgan fingerprint density at radius 3 is 2.10 bits per heavy atom. The maximum absolute atomic E-state index is 10.8. The zero-order valence-corrected chi connectivity index (χ0v) is 6.53. The molecule has 0 aromatic heterocycles. The Morgan fingerprint density at radius 1 is 1.60 bits per heavy atom. The zero-order valence-electron chi connectivity index (χ0n) is 6.53. The lowest BCUT2D eigenvalue weighted by atomic mass is 10.1. The Balaban J connectivity index is 3.95. The maximum Gasteiger partial charge on any atom is 0.262 e. The topological polar surface area (TPSA) is 66.6 Å². The van der Waals surface area contributed by atoms with Gasteiger partial charge >= 0.3 is 0 Å². The van der Waals surface area contributed by atoms with Gasteiger partial charge in [0, 0.05) is 7.05 Å². The van der Waals surface area contributed by atoms with E-state index in [4.69, 9.17) is 10.9 Å². The monoisotopic (exact) mass is 146 g/mol. The average molecular weight is 146 g/mol. The largest absolute Gasteiger partial charge is 0.320 e. The van der Waals surface area contributed by atoms with Crippen molar-refractivity contribution in [3.8, 4) is 0 Å². The Morgan fingerprint density at radius 2 is 2.00 bits per heavy atom. The third-order valence-electron chi connectivity index (χ3n) is 1.32. The van der Waals surface area contributed by atoms with Gasteiger partial charge in [-0.05, 0) is 5.92 Å². The van der Waals surface area contributed by atoms with Gasteiger partial charge in [0.25, 0.3) is 5.91 Å². The summed E-state index contributed by atoms with van der Waals surface area (Å²) in [5.41, 5.74) is 5.41. The summed E-state index contributed by atoms with van der Waals surface area (Å²) in [6.45, 7) is 3.65. The highest BCUT2D eigenvalue weighted by Gasteiger charge is 2.19. The summed E-state index contributed by atoms with van der Waals surface area (Å²) in [5.74, 6) is -0.392. The van der Waals surface area contributed by atoms with Gasteiger partial charge < -0.3 is 5.73 Å². The van der Waals surface area contributed by atoms with Crippen molar-refractivity contribution in [3.05, 3.63) is 0 Å². The highest BCUT2D eigenvalue weighted by molar-refractivity contribution is 5.80. The van der Waals surface area contributed by atoms with Crippen LogP contribution in [0.5, 0.6) is 0 Å². The molecule has 60 valence electrons. The van der Waals surface area contributed by atoms with E-state index in [9.17, 15) is 4.79 Å². The fraction of sp³-hybridized carbons (Fsp3) is 0.833. The Kier molecular flexibility index (Phi) is 3.32. The SMILES string of the molecule is CC(C)[C@H](N)C(=O)N(C)O. The standard InChI is InChI=1S/C6H14N2O2/c1-4(2)5(7)6(9)8(3)10/h4-5,10H,7H2,1-3H3/t5-/m0/s1. The summed E-state index contributed by atoms with van der Waals surface area (Å²) >= 11 is 0. The number of carbonyl (C=O) groups excluding carboxylic acids is 1. The first-order chi connectivity index (χ1) is 4.46. The minimum Gasteiger partial charge on any atom is -0.320 e. The number of carbonyl (C=O) groups is 1. The normalized spacial score (nSPS) is 13.4. The number of hydrogen-bond acceptors (Lipinski definition) is 3. The second kappa shape index (κ2) is 3.53. The van der Waals surface area contributed by atoms with Crippen LogP contribution in [-0.2, 0) is 4.79 Å². The highest BCUT2D eigenvalue weighted by atomic mass is 16.5. The lowest BCUT2D eigenvalue weighted by molar-refractivity contribution is -0.161. The predicted octanol–water partition coefficient (Wildman–Crippen LogP) is -0.183. The second-order valence-corrected chi connectivity index (χ2v) is 2.63. The van der Waals surface area contributed by atoms with Gasteiger partial charge in [0.15, 0.2) is 0 Å². The van der Waals surface area contributed by atoms with Crippen LogP contribution in [0.3, 0.4) is 0 Å². The van der Waals surface area contributed by atoms with E-state index >= 15 is 0 Å². The molecule has 0 aliphatic carbocycles. The molecule has 1 amide bonds. The third-order valence-corrected chi connectivity index (χ3v) is 1.32. The van der Waals surface area contributed by atoms with Gasteiger partial charge in [-0.1, -0.05) is 13.8 Å². The van der Waals surface area contributed by atoms with Crippen LogP contribution in [0.25, 0.3) is 0 Å². The molecule has 1 atom stereocenters. The molecule has 0 unspecified atom stereocenters. The van der Waals surface area contributed by atoms with Crippen molar-refractivity contribution >= 4 is 5.91 Å². The lowest BCUT2D eigenvalue weighted by Gasteiger charge is -2.17. The number of hydroxylamine groups is 2. The van der Waals surface area contributed by atoms with Gasteiger partial charge in [-0.15, -0.1) is 0 Å². The molecule has 0 aliphatic rings. The minimum atomic E-state index is -0.602. The van der Waals surface area contributed by atoms with Gasteiger partial charge in [-0.25, -0.2) is 5.06 Å². The smallest absolute Gasteiger partial charge is 0.262 e. The molecule has 0 saturated heterocycles. The van der Waals surface area contributed by atoms with Crippen LogP contribution < -0.4 is 5.73 Å². The molecule has 3 N–H and O–H groups in total. The minimum absolute atomic E-state index is 0.0575. The molecule has 0 bridgehead atoms. The molecule has 0 radical (unpaired) electrons. The van der Waals surface area contributed by atoms with Gasteiger partial charge in [-0.2, -0.15) is 0 Å². The number of amides is 1. The van der Waals surface area contributed by atoms with Crippen molar-refractivity contribution in [1.29, 1.82) is 0 Å². The molecule has 0 fully saturated rings. The fourth-order valence-electron chi connectivity index (χ4n) is 0.501. The van der Waals surface area contributed by atoms with Crippen LogP contribution in [0.1, 0.15) is 13.8 Å². The van der Waals surface area contributed by atoms with Crippen molar-refractivity contribution in [2.75, 3.05) is 7.05 Å². The van der Waals surface area contributed by atoms with Crippen molar-refractivity contribution in [2.45, 2.75) is 19.9 Å². The van der Waals surface area contributed by atoms with Crippen LogP contribution in [0.4, 0.5) is 0 Å². The Labute approximate surface area is 60.6 Å². The maximum atomic E-state index is 10.8. The molecule has 0 rings (SSSR count). The molecule has 0 aliphatic heterocycles. The van der Waals surface area contributed by atoms with Crippen molar-refractivity contribution < 1.29 is 10.0 Å². The highest BCUT2D eigenvalue weighted by Crippen LogP contribution is 1.99. The first-order valence-corrected chi connectivity index (χ1v) is 3.18. The van der Waals surface area contributed by atoms with E-state index in [1.807, 2.05) is 13.8 Å². The summed E-state index contributed by atoms with van der Waals surface area (Å²) in [5, 5.41) is 9.16. The number of nitrogens with zero attached hydrogens (tertiary/aromatic N) is 1. The van der Waals surface area contributed by atoms with Crippen molar-refractivity contribution in [2.24, 2.45) is 11.7 Å². The Hall–Kier alpha value is -0.610. The summed E-state index contributed by atoms with van der Waals surface area (Å²) in [7, 11) is 1.27. The summed E-state index contributed by atoms with van der Waals surface area (Å²) in [4.78, 5) is 10.8. The molecule has 10 heavy (non-hydrogen) atoms. The van der Waals surface area contributed by atoms with Crippen LogP contribution >= 0.6 is 0 Å². The van der Waals surface area contributed by atoms with Crippen molar-refractivity contribution in [3.63, 3.8) is 0 Å². The number of nitrogens with two attached hydrogens (primary N) is 1. The zero-order chi connectivity index (χ0) is 8.31. The molecular formula is C6H14N2O2. The van der Waals surface area contributed by atoms with Gasteiger partial charge in [0.05, 0.1) is 6.04 Å². The first kappa shape index (κ1) is 9.39. The molecule has 0 heterocycles. The van der Waals surface area contributed by atoms with Gasteiger partial charge in [0.1, 0.15) is 0 Å². The van der Waals surface area contributed by atoms with E-state index in [1.165, 1.54) is 7.05 Å². The molecule has 0 aromatic carbocycles. The molecule has 0 saturated carbocycles. The summed E-state index contributed by atoms with van der Waals surface area (Å²) in [6, 6.07) is -0.602. The lowest BCUT2D eigenvalue weighted by Crippen LogP contribution is -2.43. The number of hydrogen-bond donors (Lipinski definition) is 2. The van der Waals surface area contributed by atoms with E-state index in [-0.39, 0.29) is 5.92 Å². The second-order valence-electron chi connectivity index (χ2n) is 2.63. The van der Waals surface area contributed by atoms with Gasteiger partial charge in [-0.3, -0.25) is 10.0 Å². The van der Waals surface area contributed by atoms with E-state index in [0.717, 1.165) is 0 Å². The molecule has 0 spiro atoms. The van der Waals surface area contributed by atoms with E-state index in [2.05, 4.69) is 0 Å². The number of likely N-dealkylation sites (N-methyl/N-ethyl adjacent to an activating group) is 1. The van der Waals surface area contributed by atoms with Crippen LogP contribution in [0, 0.1) is 5.92 Å². The van der Waals surface area contributed by atoms with E-state index in [1.54, 1.807) is 0 Å². The first-order valence-electron chi connectivity index (χ1n) is 3.18. The van der Waals surface area contributed by atoms with Crippen LogP contribution in [0.2, 0.25) is 0 Å². The van der Waals surface area contributed by atoms with Gasteiger partial charge in [0.2, 0.25) is 0 Å². The predicted molar refractivity (Wildman–Crippen MR) is 37.4 cm³/mol. The molecule has 4 nitrogen and oxygen atoms in total. The molecule has 4 heteroatoms.